The van der Waals surface area contributed by atoms with Gasteiger partial charge in [-0.05, 0) is 46.9 Å². The first-order valence-corrected chi connectivity index (χ1v) is 8.61. The number of rotatable bonds is 0. The van der Waals surface area contributed by atoms with E-state index in [0.717, 1.165) is 9.40 Å². The first kappa shape index (κ1) is 11.2. The third-order valence-electron chi connectivity index (χ3n) is 4.65. The molecule has 0 radical (unpaired) electrons. The lowest BCUT2D eigenvalue weighted by atomic mass is 9.71. The van der Waals surface area contributed by atoms with Crippen LogP contribution in [0.3, 0.4) is 0 Å². The van der Waals surface area contributed by atoms with Gasteiger partial charge in [-0.15, -0.1) is 0 Å². The molecule has 0 fully saturated rings. The highest BCUT2D eigenvalue weighted by Gasteiger charge is 2.28. The normalized spacial score (nSPS) is 23.6. The Hall–Kier alpha value is -1.45. The predicted molar refractivity (Wildman–Crippen MR) is 87.3 cm³/mol. The molecule has 1 nitrogen and oxygen atoms in total. The summed E-state index contributed by atoms with van der Waals surface area (Å²) in [6, 6.07) is 9.11. The molecule has 1 aromatic heterocycles. The molecule has 2 atom stereocenters. The molecule has 3 heteroatoms. The SMILES string of the molecule is O=c1sc2cc3cc4c(cc3cc2s1)C1C=CC4CC1. The Morgan fingerprint density at radius 2 is 1.30 bits per heavy atom. The van der Waals surface area contributed by atoms with Crippen LogP contribution in [-0.2, 0) is 0 Å². The zero-order valence-corrected chi connectivity index (χ0v) is 12.4. The molecule has 2 bridgehead atoms. The van der Waals surface area contributed by atoms with Crippen molar-refractivity contribution in [2.24, 2.45) is 0 Å². The summed E-state index contributed by atoms with van der Waals surface area (Å²) >= 11 is 2.74. The molecule has 0 spiro atoms. The van der Waals surface area contributed by atoms with Gasteiger partial charge in [0.2, 0.25) is 0 Å². The van der Waals surface area contributed by atoms with E-state index in [1.807, 2.05) is 0 Å². The molecule has 3 aliphatic carbocycles. The van der Waals surface area contributed by atoms with Gasteiger partial charge in [0, 0.05) is 21.2 Å². The highest BCUT2D eigenvalue weighted by Crippen LogP contribution is 2.46. The van der Waals surface area contributed by atoms with Gasteiger partial charge in [0.05, 0.1) is 0 Å². The van der Waals surface area contributed by atoms with Crippen molar-refractivity contribution in [3.8, 4) is 0 Å². The van der Waals surface area contributed by atoms with E-state index in [0.29, 0.717) is 11.8 Å². The Morgan fingerprint density at radius 1 is 0.800 bits per heavy atom. The van der Waals surface area contributed by atoms with E-state index in [1.165, 1.54) is 57.4 Å². The van der Waals surface area contributed by atoms with Gasteiger partial charge < -0.3 is 0 Å². The molecule has 0 saturated carbocycles. The minimum atomic E-state index is 0.196. The lowest BCUT2D eigenvalue weighted by Crippen LogP contribution is -2.16. The highest BCUT2D eigenvalue weighted by molar-refractivity contribution is 7.35. The molecule has 6 rings (SSSR count). The molecule has 20 heavy (non-hydrogen) atoms. The topological polar surface area (TPSA) is 17.1 Å². The second-order valence-electron chi connectivity index (χ2n) is 5.76. The van der Waals surface area contributed by atoms with Crippen molar-refractivity contribution in [2.45, 2.75) is 24.7 Å². The number of allylic oxidation sites excluding steroid dienone is 2. The van der Waals surface area contributed by atoms with Gasteiger partial charge in [-0.25, -0.2) is 0 Å². The van der Waals surface area contributed by atoms with Crippen molar-refractivity contribution in [3.05, 3.63) is 56.4 Å². The predicted octanol–water partition coefficient (Wildman–Crippen LogP) is 5.01. The van der Waals surface area contributed by atoms with Crippen molar-refractivity contribution in [2.75, 3.05) is 0 Å². The molecule has 0 N–H and O–H groups in total. The molecule has 2 unspecified atom stereocenters. The molecule has 98 valence electrons. The van der Waals surface area contributed by atoms with E-state index in [4.69, 9.17) is 0 Å². The van der Waals surface area contributed by atoms with E-state index in [1.54, 1.807) is 0 Å². The van der Waals surface area contributed by atoms with Gasteiger partial charge in [-0.1, -0.05) is 47.0 Å². The molecule has 1 heterocycles. The maximum absolute atomic E-state index is 11.6. The zero-order valence-electron chi connectivity index (χ0n) is 10.8. The summed E-state index contributed by atoms with van der Waals surface area (Å²) in [5, 5.41) is 2.57. The molecule has 3 aromatic rings. The van der Waals surface area contributed by atoms with Crippen molar-refractivity contribution < 1.29 is 0 Å². The fourth-order valence-corrected chi connectivity index (χ4v) is 5.69. The molecule has 0 saturated heterocycles. The molecule has 3 aliphatic rings. The fraction of sp³-hybridized carbons (Fsp3) is 0.235. The summed E-state index contributed by atoms with van der Waals surface area (Å²) in [5.41, 5.74) is 3.02. The minimum absolute atomic E-state index is 0.196. The number of benzene rings is 2. The summed E-state index contributed by atoms with van der Waals surface area (Å²) < 4.78 is 2.45. The summed E-state index contributed by atoms with van der Waals surface area (Å²) in [4.78, 5) is 11.6. The Bertz CT molecular complexity index is 871. The van der Waals surface area contributed by atoms with E-state index in [2.05, 4.69) is 36.4 Å². The molecule has 2 aromatic carbocycles. The Kier molecular flexibility index (Phi) is 2.14. The van der Waals surface area contributed by atoms with Gasteiger partial charge in [0.1, 0.15) is 0 Å². The quantitative estimate of drug-likeness (QED) is 0.533. The second kappa shape index (κ2) is 3.80. The van der Waals surface area contributed by atoms with Crippen molar-refractivity contribution in [1.29, 1.82) is 0 Å². The standard InChI is InChI=1S/C17H12OS2/c18-17-19-15-7-11-5-13-9-1-2-10(4-3-9)14(13)6-12(11)8-16(15)20-17/h1-2,5-10H,3-4H2. The molecular formula is C17H12OS2. The van der Waals surface area contributed by atoms with Crippen LogP contribution < -0.4 is 4.06 Å². The van der Waals surface area contributed by atoms with Gasteiger partial charge in [0.25, 0.3) is 4.06 Å². The molecule has 0 amide bonds. The lowest BCUT2D eigenvalue weighted by Gasteiger charge is -2.33. The second-order valence-corrected chi connectivity index (χ2v) is 8.04. The monoisotopic (exact) mass is 296 g/mol. The van der Waals surface area contributed by atoms with Crippen LogP contribution in [-0.4, -0.2) is 0 Å². The van der Waals surface area contributed by atoms with Crippen LogP contribution in [0.1, 0.15) is 35.8 Å². The first-order chi connectivity index (χ1) is 9.78. The van der Waals surface area contributed by atoms with Crippen LogP contribution in [0.2, 0.25) is 0 Å². The molecule has 0 aliphatic heterocycles. The zero-order chi connectivity index (χ0) is 13.3. The summed E-state index contributed by atoms with van der Waals surface area (Å²) in [6.45, 7) is 0. The fourth-order valence-electron chi connectivity index (χ4n) is 3.68. The minimum Gasteiger partial charge on any atom is -0.265 e. The van der Waals surface area contributed by atoms with Crippen molar-refractivity contribution in [3.63, 3.8) is 0 Å². The van der Waals surface area contributed by atoms with Gasteiger partial charge >= 0.3 is 0 Å². The van der Waals surface area contributed by atoms with Crippen LogP contribution in [0.4, 0.5) is 0 Å². The van der Waals surface area contributed by atoms with Gasteiger partial charge in [-0.3, -0.25) is 4.79 Å². The van der Waals surface area contributed by atoms with E-state index < -0.39 is 0 Å². The van der Waals surface area contributed by atoms with E-state index in [9.17, 15) is 4.79 Å². The summed E-state index contributed by atoms with van der Waals surface area (Å²) in [5.74, 6) is 1.22. The first-order valence-electron chi connectivity index (χ1n) is 6.97. The lowest BCUT2D eigenvalue weighted by molar-refractivity contribution is 0.554. The maximum atomic E-state index is 11.6. The Balaban J connectivity index is 1.87. The third-order valence-corrected chi connectivity index (χ3v) is 6.73. The number of hydrogen-bond acceptors (Lipinski definition) is 3. The maximum Gasteiger partial charge on any atom is 0.288 e. The Morgan fingerprint density at radius 3 is 1.75 bits per heavy atom. The van der Waals surface area contributed by atoms with Crippen molar-refractivity contribution >= 4 is 42.8 Å². The largest absolute Gasteiger partial charge is 0.288 e. The van der Waals surface area contributed by atoms with E-state index in [-0.39, 0.29) is 4.06 Å². The average Bonchev–Trinajstić information content (AvgIpc) is 2.83. The summed E-state index contributed by atoms with van der Waals surface area (Å²) in [7, 11) is 0. The van der Waals surface area contributed by atoms with Crippen LogP contribution in [0.15, 0.2) is 41.2 Å². The van der Waals surface area contributed by atoms with Crippen molar-refractivity contribution in [1.82, 2.24) is 0 Å². The van der Waals surface area contributed by atoms with Crippen LogP contribution in [0, 0.1) is 0 Å². The van der Waals surface area contributed by atoms with Crippen LogP contribution in [0.25, 0.3) is 20.2 Å². The smallest absolute Gasteiger partial charge is 0.265 e. The summed E-state index contributed by atoms with van der Waals surface area (Å²) in [6.07, 6.45) is 7.33. The Labute approximate surface area is 124 Å². The van der Waals surface area contributed by atoms with Crippen LogP contribution in [0.5, 0.6) is 0 Å². The highest BCUT2D eigenvalue weighted by atomic mass is 32.2. The van der Waals surface area contributed by atoms with Crippen LogP contribution >= 0.6 is 22.7 Å². The average molecular weight is 296 g/mol. The van der Waals surface area contributed by atoms with Gasteiger partial charge in [-0.2, -0.15) is 0 Å². The molecular weight excluding hydrogens is 284 g/mol. The number of hydrogen-bond donors (Lipinski definition) is 0. The van der Waals surface area contributed by atoms with E-state index >= 15 is 0 Å². The third kappa shape index (κ3) is 1.45. The number of fused-ring (bicyclic) bond motifs is 3. The van der Waals surface area contributed by atoms with Gasteiger partial charge in [0.15, 0.2) is 0 Å².